The number of amides is 1. The van der Waals surface area contributed by atoms with E-state index in [1.807, 2.05) is 0 Å². The third kappa shape index (κ3) is 42.2. The fraction of sp³-hybridized carbons (Fsp3) is 0.833. The molecule has 0 aromatic heterocycles. The van der Waals surface area contributed by atoms with Crippen LogP contribution in [-0.4, -0.2) is 50.3 Å². The number of rotatable bonds is 2. The third-order valence-electron chi connectivity index (χ3n) is 0.771. The van der Waals surface area contributed by atoms with Gasteiger partial charge in [-0.1, -0.05) is 0 Å². The van der Waals surface area contributed by atoms with E-state index in [-0.39, 0.29) is 25.4 Å². The summed E-state index contributed by atoms with van der Waals surface area (Å²) in [6.07, 6.45) is 0.250. The van der Waals surface area contributed by atoms with Crippen LogP contribution in [-0.2, 0) is 4.79 Å². The van der Waals surface area contributed by atoms with Gasteiger partial charge in [-0.25, -0.2) is 0 Å². The van der Waals surface area contributed by atoms with E-state index in [4.69, 9.17) is 9.90 Å². The van der Waals surface area contributed by atoms with E-state index in [1.54, 1.807) is 0 Å². The van der Waals surface area contributed by atoms with E-state index >= 15 is 0 Å². The van der Waals surface area contributed by atoms with Crippen LogP contribution >= 0.6 is 0 Å². The molecule has 0 unspecified atom stereocenters. The van der Waals surface area contributed by atoms with Gasteiger partial charge in [0.05, 0.1) is 27.7 Å². The summed E-state index contributed by atoms with van der Waals surface area (Å²) < 4.78 is 0.844. The average molecular weight is 185 g/mol. The zero-order chi connectivity index (χ0) is 8.62. The number of carbonyl (C=O) groups is 1. The van der Waals surface area contributed by atoms with Crippen LogP contribution in [0.5, 0.6) is 0 Å². The predicted molar refractivity (Wildman–Crippen MR) is 40.2 cm³/mol. The van der Waals surface area contributed by atoms with Gasteiger partial charge in [-0.05, 0) is 0 Å². The van der Waals surface area contributed by atoms with Crippen LogP contribution in [0.2, 0.25) is 0 Å². The van der Waals surface area contributed by atoms with Crippen molar-refractivity contribution in [1.82, 2.24) is 0 Å². The lowest BCUT2D eigenvalue weighted by Crippen LogP contribution is -3.00. The Labute approximate surface area is 74.0 Å². The largest absolute Gasteiger partial charge is 1.00 e. The minimum absolute atomic E-state index is 0. The second-order valence-electron chi connectivity index (χ2n) is 2.87. The molecule has 0 aliphatic carbocycles. The van der Waals surface area contributed by atoms with Gasteiger partial charge in [0.1, 0.15) is 6.54 Å². The Balaban J connectivity index is -0.000000140. The number of nitrogens with two attached hydrogens (primary N) is 1. The van der Waals surface area contributed by atoms with Crippen LogP contribution in [0.1, 0.15) is 0 Å². The molecule has 0 rings (SSSR count). The summed E-state index contributed by atoms with van der Waals surface area (Å²) in [6.45, 7) is 1.11. The Morgan fingerprint density at radius 3 is 1.73 bits per heavy atom. The second-order valence-corrected chi connectivity index (χ2v) is 2.87. The first kappa shape index (κ1) is 17.0. The van der Waals surface area contributed by atoms with Crippen LogP contribution in [0.25, 0.3) is 0 Å². The highest BCUT2D eigenvalue weighted by atomic mass is 35.5. The number of carbonyl (C=O) groups excluding carboxylic acids is 1. The van der Waals surface area contributed by atoms with Gasteiger partial charge in [-0.3, -0.25) is 4.79 Å². The minimum Gasteiger partial charge on any atom is -1.00 e. The van der Waals surface area contributed by atoms with E-state index in [0.717, 1.165) is 11.0 Å². The molecule has 0 aliphatic rings. The molecule has 0 saturated carbocycles. The van der Waals surface area contributed by atoms with Crippen molar-refractivity contribution in [3.05, 3.63) is 0 Å². The molecule has 5 heteroatoms. The van der Waals surface area contributed by atoms with Gasteiger partial charge in [0, 0.05) is 0 Å². The van der Waals surface area contributed by atoms with Crippen molar-refractivity contribution in [3.8, 4) is 0 Å². The van der Waals surface area contributed by atoms with Crippen LogP contribution < -0.4 is 18.1 Å². The van der Waals surface area contributed by atoms with E-state index < -0.39 is 0 Å². The van der Waals surface area contributed by atoms with Crippen molar-refractivity contribution in [2.75, 3.05) is 34.3 Å². The van der Waals surface area contributed by atoms with Gasteiger partial charge >= 0.3 is 0 Å². The Morgan fingerprint density at radius 1 is 1.45 bits per heavy atom. The molecule has 0 aromatic carbocycles. The maximum absolute atomic E-state index is 8.58. The highest BCUT2D eigenvalue weighted by Gasteiger charge is 2.02. The summed E-state index contributed by atoms with van der Waals surface area (Å²) in [5.74, 6) is 0. The molecule has 0 aliphatic heterocycles. The van der Waals surface area contributed by atoms with Crippen molar-refractivity contribution in [3.63, 3.8) is 0 Å². The quantitative estimate of drug-likeness (QED) is 0.338. The molecule has 11 heavy (non-hydrogen) atoms. The molecule has 0 saturated heterocycles. The smallest absolute Gasteiger partial charge is 0.204 e. The number of nitrogens with zero attached hydrogens (tertiary/aromatic N) is 1. The fourth-order valence-corrected chi connectivity index (χ4v) is 0.300. The molecule has 0 bridgehead atoms. The summed E-state index contributed by atoms with van der Waals surface area (Å²) in [7, 11) is 6.16. The van der Waals surface area contributed by atoms with Crippen molar-refractivity contribution in [2.24, 2.45) is 5.73 Å². The maximum Gasteiger partial charge on any atom is 0.204 e. The molecule has 4 nitrogen and oxygen atoms in total. The van der Waals surface area contributed by atoms with Crippen LogP contribution in [0.3, 0.4) is 0 Å². The van der Waals surface area contributed by atoms with Gasteiger partial charge in [0.25, 0.3) is 0 Å². The van der Waals surface area contributed by atoms with E-state index in [1.165, 1.54) is 0 Å². The number of hydrogen-bond donors (Lipinski definition) is 2. The summed E-state index contributed by atoms with van der Waals surface area (Å²) in [5.41, 5.74) is 4.17. The highest BCUT2D eigenvalue weighted by Crippen LogP contribution is 1.84. The molecule has 0 aromatic rings. The van der Waals surface area contributed by atoms with Crippen LogP contribution in [0.4, 0.5) is 0 Å². The van der Waals surface area contributed by atoms with Crippen molar-refractivity contribution < 1.29 is 26.8 Å². The number of aliphatic hydroxyl groups is 1. The molecule has 0 radical (unpaired) electrons. The first-order valence-electron chi connectivity index (χ1n) is 3.04. The molecule has 0 heterocycles. The third-order valence-corrected chi connectivity index (χ3v) is 0.771. The topological polar surface area (TPSA) is 63.3 Å². The lowest BCUT2D eigenvalue weighted by Gasteiger charge is -2.21. The average Bonchev–Trinajstić information content (AvgIpc) is 1.63. The molecule has 3 N–H and O–H groups in total. The van der Waals surface area contributed by atoms with Gasteiger partial charge < -0.3 is 27.7 Å². The Kier molecular flexibility index (Phi) is 14.9. The Hall–Kier alpha value is -0.320. The molecule has 70 valence electrons. The van der Waals surface area contributed by atoms with Crippen molar-refractivity contribution in [2.45, 2.75) is 0 Å². The lowest BCUT2D eigenvalue weighted by atomic mass is 10.5. The lowest BCUT2D eigenvalue weighted by molar-refractivity contribution is -0.870. The van der Waals surface area contributed by atoms with Gasteiger partial charge in [-0.2, -0.15) is 0 Å². The van der Waals surface area contributed by atoms with Crippen molar-refractivity contribution in [1.29, 1.82) is 0 Å². The molecule has 0 fully saturated rings. The van der Waals surface area contributed by atoms with E-state index in [9.17, 15) is 0 Å². The van der Waals surface area contributed by atoms with Crippen molar-refractivity contribution >= 4 is 6.41 Å². The maximum atomic E-state index is 8.58. The second kappa shape index (κ2) is 9.68. The van der Waals surface area contributed by atoms with Crippen LogP contribution in [0, 0.1) is 0 Å². The SMILES string of the molecule is C[N+](C)(C)CCO.NC=O.[Cl-]. The number of hydrogen-bond acceptors (Lipinski definition) is 2. The molecule has 1 amide bonds. The normalized spacial score (nSPS) is 8.73. The summed E-state index contributed by atoms with van der Waals surface area (Å²) in [5, 5.41) is 8.39. The standard InChI is InChI=1S/C5H14NO.CH3NO.ClH/c1-6(2,3)4-5-7;2-1-3;/h7H,4-5H2,1-3H3;1H,(H2,2,3);1H/q+1;;/p-1. The fourth-order valence-electron chi connectivity index (χ4n) is 0.300. The van der Waals surface area contributed by atoms with Gasteiger partial charge in [0.2, 0.25) is 6.41 Å². The summed E-state index contributed by atoms with van der Waals surface area (Å²) in [4.78, 5) is 8.58. The molecule has 0 atom stereocenters. The zero-order valence-corrected chi connectivity index (χ0v) is 8.01. The summed E-state index contributed by atoms with van der Waals surface area (Å²) >= 11 is 0. The Morgan fingerprint density at radius 2 is 1.73 bits per heavy atom. The number of quaternary nitrogens is 1. The zero-order valence-electron chi connectivity index (χ0n) is 7.25. The molecular formula is C6H17ClN2O2. The predicted octanol–water partition coefficient (Wildman–Crippen LogP) is -4.21. The number of likely N-dealkylation sites (N-methyl/N-ethyl adjacent to an activating group) is 1. The van der Waals surface area contributed by atoms with E-state index in [2.05, 4.69) is 26.9 Å². The highest BCUT2D eigenvalue weighted by molar-refractivity contribution is 5.42. The van der Waals surface area contributed by atoms with Crippen LogP contribution in [0.15, 0.2) is 0 Å². The number of primary amides is 1. The molecular weight excluding hydrogens is 168 g/mol. The van der Waals surface area contributed by atoms with E-state index in [0.29, 0.717) is 0 Å². The van der Waals surface area contributed by atoms with Gasteiger partial charge in [0.15, 0.2) is 0 Å². The monoisotopic (exact) mass is 184 g/mol. The van der Waals surface area contributed by atoms with Gasteiger partial charge in [-0.15, -0.1) is 0 Å². The first-order chi connectivity index (χ1) is 4.47. The number of aliphatic hydroxyl groups excluding tert-OH is 1. The molecule has 0 spiro atoms. The Bertz CT molecular complexity index is 83.1. The first-order valence-corrected chi connectivity index (χ1v) is 3.04. The number of halogens is 1. The minimum atomic E-state index is 0. The summed E-state index contributed by atoms with van der Waals surface area (Å²) in [6, 6.07) is 0.